The number of benzene rings is 1. The van der Waals surface area contributed by atoms with E-state index in [1.54, 1.807) is 12.1 Å². The van der Waals surface area contributed by atoms with Crippen LogP contribution in [0.15, 0.2) is 24.3 Å². The number of nitrogens with zero attached hydrogens (tertiary/aromatic N) is 3. The fourth-order valence-electron chi connectivity index (χ4n) is 2.97. The summed E-state index contributed by atoms with van der Waals surface area (Å²) in [4.78, 5) is 17.3. The largest absolute Gasteiger partial charge is 0.381 e. The van der Waals surface area contributed by atoms with Gasteiger partial charge in [-0.1, -0.05) is 0 Å². The zero-order valence-corrected chi connectivity index (χ0v) is 12.8. The van der Waals surface area contributed by atoms with E-state index < -0.39 is 0 Å². The van der Waals surface area contributed by atoms with Crippen LogP contribution in [0.3, 0.4) is 0 Å². The maximum Gasteiger partial charge on any atom is 0.270 e. The summed E-state index contributed by atoms with van der Waals surface area (Å²) in [5, 5.41) is 11.8. The molecule has 2 aromatic rings. The average Bonchev–Trinajstić information content (AvgIpc) is 2.98. The van der Waals surface area contributed by atoms with Crippen molar-refractivity contribution in [1.82, 2.24) is 4.98 Å². The van der Waals surface area contributed by atoms with Crippen LogP contribution in [-0.4, -0.2) is 36.7 Å². The molecule has 0 spiro atoms. The van der Waals surface area contributed by atoms with Crippen LogP contribution in [0.25, 0.3) is 10.9 Å². The molecule has 1 atom stereocenters. The fourth-order valence-corrected chi connectivity index (χ4v) is 2.97. The molecule has 116 valence electrons. The first kappa shape index (κ1) is 14.7. The second-order valence-electron chi connectivity index (χ2n) is 5.85. The zero-order chi connectivity index (χ0) is 15.7. The van der Waals surface area contributed by atoms with E-state index in [2.05, 4.69) is 9.88 Å². The molecule has 1 aromatic heterocycles. The van der Waals surface area contributed by atoms with Gasteiger partial charge in [0.05, 0.1) is 17.0 Å². The first-order chi connectivity index (χ1) is 10.5. The third kappa shape index (κ3) is 2.87. The van der Waals surface area contributed by atoms with Crippen LogP contribution in [0, 0.1) is 23.0 Å². The molecule has 1 aliphatic heterocycles. The van der Waals surface area contributed by atoms with Gasteiger partial charge in [-0.25, -0.2) is 0 Å². The van der Waals surface area contributed by atoms with E-state index in [1.807, 2.05) is 20.0 Å². The maximum atomic E-state index is 11.0. The monoisotopic (exact) mass is 301 g/mol. The van der Waals surface area contributed by atoms with Crippen molar-refractivity contribution < 1.29 is 9.66 Å². The summed E-state index contributed by atoms with van der Waals surface area (Å²) >= 11 is 0. The van der Waals surface area contributed by atoms with Gasteiger partial charge in [0.15, 0.2) is 0 Å². The molecular formula is C16H19N3O3. The van der Waals surface area contributed by atoms with Gasteiger partial charge in [0.1, 0.15) is 0 Å². The molecule has 2 heterocycles. The van der Waals surface area contributed by atoms with Crippen molar-refractivity contribution in [3.63, 3.8) is 0 Å². The third-order valence-corrected chi connectivity index (χ3v) is 4.08. The molecule has 6 heteroatoms. The molecule has 22 heavy (non-hydrogen) atoms. The molecule has 1 saturated heterocycles. The van der Waals surface area contributed by atoms with Crippen LogP contribution in [0.5, 0.6) is 0 Å². The minimum Gasteiger partial charge on any atom is -0.381 e. The van der Waals surface area contributed by atoms with Crippen LogP contribution in [0.2, 0.25) is 0 Å². The number of anilines is 1. The summed E-state index contributed by atoms with van der Waals surface area (Å²) in [6.45, 7) is 4.42. The maximum absolute atomic E-state index is 11.0. The Hall–Kier alpha value is -2.21. The van der Waals surface area contributed by atoms with Crippen molar-refractivity contribution in [2.45, 2.75) is 13.3 Å². The van der Waals surface area contributed by atoms with E-state index >= 15 is 0 Å². The second-order valence-corrected chi connectivity index (χ2v) is 5.85. The molecule has 0 amide bonds. The second kappa shape index (κ2) is 5.88. The highest BCUT2D eigenvalue weighted by Gasteiger charge is 2.20. The van der Waals surface area contributed by atoms with E-state index in [0.717, 1.165) is 48.5 Å². The summed E-state index contributed by atoms with van der Waals surface area (Å²) in [6.07, 6.45) is 1.06. The topological polar surface area (TPSA) is 68.5 Å². The van der Waals surface area contributed by atoms with Gasteiger partial charge in [-0.2, -0.15) is 0 Å². The first-order valence-electron chi connectivity index (χ1n) is 7.39. The van der Waals surface area contributed by atoms with Crippen LogP contribution in [-0.2, 0) is 4.74 Å². The lowest BCUT2D eigenvalue weighted by molar-refractivity contribution is -0.384. The molecule has 0 bridgehead atoms. The molecular weight excluding hydrogens is 282 g/mol. The number of non-ortho nitro benzene ring substituents is 1. The van der Waals surface area contributed by atoms with Crippen molar-refractivity contribution in [2.75, 3.05) is 31.7 Å². The molecule has 0 aliphatic carbocycles. The smallest absolute Gasteiger partial charge is 0.270 e. The van der Waals surface area contributed by atoms with Gasteiger partial charge in [0.25, 0.3) is 5.69 Å². The highest BCUT2D eigenvalue weighted by molar-refractivity contribution is 5.93. The Kier molecular flexibility index (Phi) is 3.94. The molecule has 0 radical (unpaired) electrons. The number of nitro groups is 1. The molecule has 1 aliphatic rings. The Balaban J connectivity index is 2.01. The Morgan fingerprint density at radius 3 is 2.95 bits per heavy atom. The molecule has 0 saturated carbocycles. The number of ether oxygens (including phenoxy) is 1. The quantitative estimate of drug-likeness (QED) is 0.641. The van der Waals surface area contributed by atoms with Crippen molar-refractivity contribution in [3.05, 3.63) is 40.1 Å². The molecule has 0 unspecified atom stereocenters. The van der Waals surface area contributed by atoms with Gasteiger partial charge in [0.2, 0.25) is 0 Å². The predicted molar refractivity (Wildman–Crippen MR) is 85.3 cm³/mol. The number of aryl methyl sites for hydroxylation is 1. The van der Waals surface area contributed by atoms with E-state index in [-0.39, 0.29) is 10.6 Å². The van der Waals surface area contributed by atoms with Gasteiger partial charge in [-0.3, -0.25) is 15.1 Å². The van der Waals surface area contributed by atoms with E-state index in [4.69, 9.17) is 4.74 Å². The first-order valence-corrected chi connectivity index (χ1v) is 7.39. The van der Waals surface area contributed by atoms with Crippen molar-refractivity contribution in [2.24, 2.45) is 5.92 Å². The predicted octanol–water partition coefficient (Wildman–Crippen LogP) is 2.92. The summed E-state index contributed by atoms with van der Waals surface area (Å²) < 4.78 is 5.43. The minimum atomic E-state index is -0.367. The molecule has 3 rings (SSSR count). The number of rotatable bonds is 4. The van der Waals surface area contributed by atoms with Gasteiger partial charge in [-0.05, 0) is 25.5 Å². The van der Waals surface area contributed by atoms with Gasteiger partial charge in [0, 0.05) is 55.0 Å². The lowest BCUT2D eigenvalue weighted by Crippen LogP contribution is -2.26. The number of nitro benzene ring substituents is 1. The van der Waals surface area contributed by atoms with Crippen LogP contribution >= 0.6 is 0 Å². The lowest BCUT2D eigenvalue weighted by atomic mass is 10.1. The van der Waals surface area contributed by atoms with Gasteiger partial charge >= 0.3 is 0 Å². The lowest BCUT2D eigenvalue weighted by Gasteiger charge is -2.24. The van der Waals surface area contributed by atoms with Crippen molar-refractivity contribution in [3.8, 4) is 0 Å². The van der Waals surface area contributed by atoms with E-state index in [9.17, 15) is 10.1 Å². The zero-order valence-electron chi connectivity index (χ0n) is 12.8. The van der Waals surface area contributed by atoms with Crippen LogP contribution in [0.4, 0.5) is 11.4 Å². The van der Waals surface area contributed by atoms with E-state index in [0.29, 0.717) is 5.92 Å². The Morgan fingerprint density at radius 1 is 1.45 bits per heavy atom. The summed E-state index contributed by atoms with van der Waals surface area (Å²) in [5.41, 5.74) is 2.77. The van der Waals surface area contributed by atoms with Crippen LogP contribution in [0.1, 0.15) is 12.1 Å². The fraction of sp³-hybridized carbons (Fsp3) is 0.438. The summed E-state index contributed by atoms with van der Waals surface area (Å²) in [6, 6.07) is 6.82. The molecule has 1 fully saturated rings. The van der Waals surface area contributed by atoms with Crippen molar-refractivity contribution in [1.29, 1.82) is 0 Å². The van der Waals surface area contributed by atoms with Gasteiger partial charge < -0.3 is 9.64 Å². The molecule has 0 N–H and O–H groups in total. The number of hydrogen-bond donors (Lipinski definition) is 0. The highest BCUT2D eigenvalue weighted by atomic mass is 16.6. The summed E-state index contributed by atoms with van der Waals surface area (Å²) in [7, 11) is 2.02. The van der Waals surface area contributed by atoms with Crippen LogP contribution < -0.4 is 4.90 Å². The number of pyridine rings is 1. The van der Waals surface area contributed by atoms with Gasteiger partial charge in [-0.15, -0.1) is 0 Å². The molecule has 1 aromatic carbocycles. The Labute approximate surface area is 128 Å². The van der Waals surface area contributed by atoms with Crippen molar-refractivity contribution >= 4 is 22.3 Å². The number of aromatic nitrogens is 1. The highest BCUT2D eigenvalue weighted by Crippen LogP contribution is 2.30. The minimum absolute atomic E-state index is 0.0944. The SMILES string of the molecule is Cc1cc(N(C)C[C@@H]2CCOC2)c2cc([N+](=O)[O-])ccc2n1. The average molecular weight is 301 g/mol. The van der Waals surface area contributed by atoms with E-state index in [1.165, 1.54) is 6.07 Å². The number of hydrogen-bond acceptors (Lipinski definition) is 5. The third-order valence-electron chi connectivity index (χ3n) is 4.08. The molecule has 6 nitrogen and oxygen atoms in total. The standard InChI is InChI=1S/C16H19N3O3/c1-11-7-16(18(2)9-12-5-6-22-10-12)14-8-13(19(20)21)3-4-15(14)17-11/h3-4,7-8,12H,5-6,9-10H2,1-2H3/t12-/m0/s1. The summed E-state index contributed by atoms with van der Waals surface area (Å²) in [5.74, 6) is 0.507. The normalized spacial score (nSPS) is 17.8. The number of fused-ring (bicyclic) bond motifs is 1. The Morgan fingerprint density at radius 2 is 2.27 bits per heavy atom. The Bertz CT molecular complexity index is 711.